The Kier molecular flexibility index (Phi) is 1.90. The Balaban J connectivity index is 1.96. The number of rotatable bonds is 1. The Morgan fingerprint density at radius 1 is 1.07 bits per heavy atom. The average Bonchev–Trinajstić information content (AvgIpc) is 1.98. The van der Waals surface area contributed by atoms with E-state index in [1.165, 1.54) is 38.5 Å². The third kappa shape index (κ3) is 1.23. The topological polar surface area (TPSA) is 3.24 Å². The van der Waals surface area contributed by atoms with Gasteiger partial charge in [0, 0.05) is 9.86 Å². The third-order valence-corrected chi connectivity index (χ3v) is 5.84. The number of hydrogen-bond acceptors (Lipinski definition) is 1. The first-order chi connectivity index (χ1) is 6.51. The van der Waals surface area contributed by atoms with E-state index in [1.54, 1.807) is 0 Å². The molecule has 2 heteroatoms. The van der Waals surface area contributed by atoms with Gasteiger partial charge in [-0.25, -0.2) is 0 Å². The van der Waals surface area contributed by atoms with Gasteiger partial charge in [-0.1, -0.05) is 15.9 Å². The van der Waals surface area contributed by atoms with Crippen LogP contribution in [0.2, 0.25) is 0 Å². The van der Waals surface area contributed by atoms with E-state index in [1.807, 2.05) is 0 Å². The maximum atomic E-state index is 4.03. The van der Waals surface area contributed by atoms with Crippen molar-refractivity contribution < 1.29 is 0 Å². The lowest BCUT2D eigenvalue weighted by atomic mass is 9.52. The summed E-state index contributed by atoms with van der Waals surface area (Å²) in [5.74, 6) is 2.02. The molecule has 1 nitrogen and oxygen atoms in total. The van der Waals surface area contributed by atoms with Crippen molar-refractivity contribution >= 4 is 15.9 Å². The van der Waals surface area contributed by atoms with Gasteiger partial charge >= 0.3 is 0 Å². The van der Waals surface area contributed by atoms with Crippen molar-refractivity contribution in [2.75, 3.05) is 14.1 Å². The average molecular weight is 258 g/mol. The van der Waals surface area contributed by atoms with E-state index in [-0.39, 0.29) is 0 Å². The molecular weight excluding hydrogens is 238 g/mol. The van der Waals surface area contributed by atoms with Crippen LogP contribution in [0, 0.1) is 11.8 Å². The summed E-state index contributed by atoms with van der Waals surface area (Å²) in [7, 11) is 4.56. The first-order valence-corrected chi connectivity index (χ1v) is 6.67. The quantitative estimate of drug-likeness (QED) is 0.653. The lowest BCUT2D eigenvalue weighted by Crippen LogP contribution is -2.62. The van der Waals surface area contributed by atoms with Crippen LogP contribution in [0.25, 0.3) is 0 Å². The molecule has 14 heavy (non-hydrogen) atoms. The Bertz CT molecular complexity index is 247. The molecule has 4 aliphatic rings. The van der Waals surface area contributed by atoms with Crippen molar-refractivity contribution in [2.24, 2.45) is 11.8 Å². The third-order valence-electron chi connectivity index (χ3n) is 4.91. The lowest BCUT2D eigenvalue weighted by molar-refractivity contribution is -0.0549. The second-order valence-corrected chi connectivity index (χ2v) is 7.91. The Morgan fingerprint density at radius 3 is 2.07 bits per heavy atom. The van der Waals surface area contributed by atoms with Crippen LogP contribution in [-0.4, -0.2) is 28.9 Å². The molecule has 0 saturated heterocycles. The molecule has 4 aliphatic carbocycles. The summed E-state index contributed by atoms with van der Waals surface area (Å²) in [5, 5.41) is 0. The number of alkyl halides is 1. The van der Waals surface area contributed by atoms with Gasteiger partial charge in [-0.05, 0) is 64.5 Å². The molecule has 0 amide bonds. The second-order valence-electron chi connectivity index (χ2n) is 6.23. The van der Waals surface area contributed by atoms with Crippen LogP contribution >= 0.6 is 15.9 Å². The maximum Gasteiger partial charge on any atom is 0.0280 e. The molecule has 80 valence electrons. The minimum atomic E-state index is 0.515. The molecule has 4 fully saturated rings. The fourth-order valence-corrected chi connectivity index (χ4v) is 6.06. The van der Waals surface area contributed by atoms with Crippen LogP contribution in [0.15, 0.2) is 0 Å². The highest BCUT2D eigenvalue weighted by atomic mass is 79.9. The van der Waals surface area contributed by atoms with Crippen molar-refractivity contribution in [3.63, 3.8) is 0 Å². The fourth-order valence-electron chi connectivity index (χ4n) is 4.63. The maximum absolute atomic E-state index is 4.03. The Labute approximate surface area is 95.4 Å². The van der Waals surface area contributed by atoms with Crippen LogP contribution in [0.1, 0.15) is 38.5 Å². The summed E-state index contributed by atoms with van der Waals surface area (Å²) in [5.41, 5.74) is 0.549. The van der Waals surface area contributed by atoms with E-state index in [4.69, 9.17) is 0 Å². The molecule has 2 unspecified atom stereocenters. The first-order valence-electron chi connectivity index (χ1n) is 5.88. The summed E-state index contributed by atoms with van der Waals surface area (Å²) >= 11 is 4.03. The molecule has 0 radical (unpaired) electrons. The zero-order chi connectivity index (χ0) is 9.97. The lowest BCUT2D eigenvalue weighted by Gasteiger charge is -2.62. The molecule has 0 spiro atoms. The van der Waals surface area contributed by atoms with Gasteiger partial charge in [-0.3, -0.25) is 0 Å². The van der Waals surface area contributed by atoms with Crippen LogP contribution in [0.4, 0.5) is 0 Å². The van der Waals surface area contributed by atoms with E-state index in [0.717, 1.165) is 11.8 Å². The summed E-state index contributed by atoms with van der Waals surface area (Å²) in [6, 6.07) is 0. The van der Waals surface area contributed by atoms with E-state index in [0.29, 0.717) is 9.86 Å². The van der Waals surface area contributed by atoms with Gasteiger partial charge in [0.2, 0.25) is 0 Å². The summed E-state index contributed by atoms with van der Waals surface area (Å²) in [4.78, 5) is 2.51. The van der Waals surface area contributed by atoms with Crippen LogP contribution in [0.3, 0.4) is 0 Å². The standard InChI is InChI=1S/C12H20BrN/c1-14(2)12-6-9-3-10(7-12)5-11(13,4-9)8-12/h9-10H,3-8H2,1-2H3. The molecule has 0 heterocycles. The molecule has 0 aromatic rings. The van der Waals surface area contributed by atoms with Gasteiger partial charge in [0.1, 0.15) is 0 Å². The number of halogens is 1. The molecule has 0 aromatic heterocycles. The zero-order valence-corrected chi connectivity index (χ0v) is 10.8. The summed E-state index contributed by atoms with van der Waals surface area (Å²) < 4.78 is 0.515. The van der Waals surface area contributed by atoms with Gasteiger partial charge in [-0.15, -0.1) is 0 Å². The summed E-state index contributed by atoms with van der Waals surface area (Å²) in [6.45, 7) is 0. The van der Waals surface area contributed by atoms with Gasteiger partial charge < -0.3 is 4.90 Å². The summed E-state index contributed by atoms with van der Waals surface area (Å²) in [6.07, 6.45) is 8.72. The van der Waals surface area contributed by atoms with Gasteiger partial charge in [-0.2, -0.15) is 0 Å². The first kappa shape index (κ1) is 9.65. The molecule has 4 saturated carbocycles. The van der Waals surface area contributed by atoms with Crippen LogP contribution in [-0.2, 0) is 0 Å². The molecular formula is C12H20BrN. The fraction of sp³-hybridized carbons (Fsp3) is 1.00. The molecule has 4 bridgehead atoms. The highest BCUT2D eigenvalue weighted by Crippen LogP contribution is 2.61. The van der Waals surface area contributed by atoms with Crippen LogP contribution < -0.4 is 0 Å². The predicted octanol–water partition coefficient (Wildman–Crippen LogP) is 3.03. The molecule has 0 N–H and O–H groups in total. The molecule has 2 atom stereocenters. The largest absolute Gasteiger partial charge is 0.304 e. The Morgan fingerprint density at radius 2 is 1.64 bits per heavy atom. The predicted molar refractivity (Wildman–Crippen MR) is 62.8 cm³/mol. The smallest absolute Gasteiger partial charge is 0.0280 e. The normalized spacial score (nSPS) is 55.7. The van der Waals surface area contributed by atoms with Crippen molar-refractivity contribution in [3.8, 4) is 0 Å². The van der Waals surface area contributed by atoms with Gasteiger partial charge in [0.25, 0.3) is 0 Å². The molecule has 4 rings (SSSR count). The highest BCUT2D eigenvalue weighted by Gasteiger charge is 2.57. The van der Waals surface area contributed by atoms with Gasteiger partial charge in [0.15, 0.2) is 0 Å². The van der Waals surface area contributed by atoms with E-state index < -0.39 is 0 Å². The van der Waals surface area contributed by atoms with Crippen LogP contribution in [0.5, 0.6) is 0 Å². The monoisotopic (exact) mass is 257 g/mol. The van der Waals surface area contributed by atoms with E-state index in [9.17, 15) is 0 Å². The second kappa shape index (κ2) is 2.76. The SMILES string of the molecule is CN(C)C12CC3CC(CC(Br)(C3)C1)C2. The van der Waals surface area contributed by atoms with Crippen molar-refractivity contribution in [2.45, 2.75) is 48.4 Å². The van der Waals surface area contributed by atoms with E-state index in [2.05, 4.69) is 34.9 Å². The van der Waals surface area contributed by atoms with Gasteiger partial charge in [0.05, 0.1) is 0 Å². The van der Waals surface area contributed by atoms with Crippen molar-refractivity contribution in [3.05, 3.63) is 0 Å². The minimum Gasteiger partial charge on any atom is -0.304 e. The molecule has 0 aromatic carbocycles. The Hall–Kier alpha value is 0.440. The minimum absolute atomic E-state index is 0.515. The van der Waals surface area contributed by atoms with E-state index >= 15 is 0 Å². The number of nitrogens with zero attached hydrogens (tertiary/aromatic N) is 1. The number of hydrogen-bond donors (Lipinski definition) is 0. The zero-order valence-electron chi connectivity index (χ0n) is 9.22. The molecule has 0 aliphatic heterocycles. The highest BCUT2D eigenvalue weighted by molar-refractivity contribution is 9.10. The van der Waals surface area contributed by atoms with Crippen molar-refractivity contribution in [1.29, 1.82) is 0 Å². The van der Waals surface area contributed by atoms with Crippen molar-refractivity contribution in [1.82, 2.24) is 4.90 Å².